The van der Waals surface area contributed by atoms with Crippen molar-refractivity contribution >= 4 is 23.7 Å². The Kier molecular flexibility index (Phi) is 12.0. The van der Waals surface area contributed by atoms with Gasteiger partial charge in [-0.1, -0.05) is 13.8 Å². The van der Waals surface area contributed by atoms with E-state index in [0.29, 0.717) is 25.1 Å². The van der Waals surface area contributed by atoms with Crippen LogP contribution in [0.15, 0.2) is 12.5 Å². The first-order valence-corrected chi connectivity index (χ1v) is 10.8. The standard InChI is InChI=1S/C20H35N7O6/c1-11(2)16(22)19(31)27-15(9-28)18(30)26-14(7-12-8-23-10-24-12)17(29)25-13(20(32)33)5-3-4-6-21/h8,10-11,13-16,28H,3-7,9,21-22H2,1-2H3,(H,23,24)(H,25,29)(H,26,30)(H,27,31)(H,32,33). The maximum Gasteiger partial charge on any atom is 0.326 e. The molecule has 13 heteroatoms. The summed E-state index contributed by atoms with van der Waals surface area (Å²) >= 11 is 0. The van der Waals surface area contributed by atoms with E-state index in [1.807, 2.05) is 0 Å². The van der Waals surface area contributed by atoms with Crippen LogP contribution in [0.3, 0.4) is 0 Å². The van der Waals surface area contributed by atoms with E-state index in [-0.39, 0.29) is 18.8 Å². The Hall–Kier alpha value is -3.03. The zero-order chi connectivity index (χ0) is 25.0. The number of nitrogens with one attached hydrogen (secondary N) is 4. The molecule has 1 rings (SSSR count). The molecule has 0 radical (unpaired) electrons. The number of nitrogens with zero attached hydrogens (tertiary/aromatic N) is 1. The molecule has 186 valence electrons. The molecule has 4 atom stereocenters. The molecule has 0 aromatic carbocycles. The van der Waals surface area contributed by atoms with Gasteiger partial charge in [0.05, 0.1) is 19.0 Å². The van der Waals surface area contributed by atoms with Gasteiger partial charge >= 0.3 is 5.97 Å². The first kappa shape index (κ1) is 28.0. The Labute approximate surface area is 192 Å². The van der Waals surface area contributed by atoms with Crippen LogP contribution in [0.1, 0.15) is 38.8 Å². The summed E-state index contributed by atoms with van der Waals surface area (Å²) in [5, 5.41) is 26.3. The number of aromatic nitrogens is 2. The molecule has 0 aliphatic rings. The van der Waals surface area contributed by atoms with E-state index < -0.39 is 54.5 Å². The van der Waals surface area contributed by atoms with Crippen LogP contribution in [0, 0.1) is 5.92 Å². The summed E-state index contributed by atoms with van der Waals surface area (Å²) in [6, 6.07) is -4.60. The summed E-state index contributed by atoms with van der Waals surface area (Å²) in [6.07, 6.45) is 4.10. The van der Waals surface area contributed by atoms with Crippen LogP contribution < -0.4 is 27.4 Å². The van der Waals surface area contributed by atoms with Gasteiger partial charge in [-0.3, -0.25) is 14.4 Å². The third-order valence-corrected chi connectivity index (χ3v) is 5.01. The highest BCUT2D eigenvalue weighted by atomic mass is 16.4. The number of aromatic amines is 1. The molecule has 13 nitrogen and oxygen atoms in total. The average Bonchev–Trinajstić information content (AvgIpc) is 3.28. The fraction of sp³-hybridized carbons (Fsp3) is 0.650. The van der Waals surface area contributed by atoms with Crippen LogP contribution in [0.5, 0.6) is 0 Å². The van der Waals surface area contributed by atoms with Gasteiger partial charge in [0.25, 0.3) is 0 Å². The lowest BCUT2D eigenvalue weighted by Gasteiger charge is -2.24. The predicted molar refractivity (Wildman–Crippen MR) is 119 cm³/mol. The smallest absolute Gasteiger partial charge is 0.326 e. The van der Waals surface area contributed by atoms with Crippen molar-refractivity contribution in [2.24, 2.45) is 17.4 Å². The quantitative estimate of drug-likeness (QED) is 0.128. The van der Waals surface area contributed by atoms with Crippen LogP contribution in [-0.4, -0.2) is 81.2 Å². The van der Waals surface area contributed by atoms with Crippen LogP contribution in [-0.2, 0) is 25.6 Å². The minimum atomic E-state index is -1.35. The first-order chi connectivity index (χ1) is 15.6. The molecule has 3 amide bonds. The number of unbranched alkanes of at least 4 members (excludes halogenated alkanes) is 1. The molecule has 10 N–H and O–H groups in total. The Morgan fingerprint density at radius 3 is 2.15 bits per heavy atom. The normalized spacial score (nSPS) is 14.7. The molecular weight excluding hydrogens is 434 g/mol. The highest BCUT2D eigenvalue weighted by molar-refractivity contribution is 5.94. The van der Waals surface area contributed by atoms with E-state index >= 15 is 0 Å². The van der Waals surface area contributed by atoms with Crippen molar-refractivity contribution in [3.05, 3.63) is 18.2 Å². The number of imidazole rings is 1. The number of amides is 3. The topological polar surface area (TPSA) is 226 Å². The number of carboxylic acids is 1. The monoisotopic (exact) mass is 469 g/mol. The second-order valence-corrected chi connectivity index (χ2v) is 8.04. The summed E-state index contributed by atoms with van der Waals surface area (Å²) in [5.74, 6) is -3.59. The van der Waals surface area contributed by atoms with E-state index in [1.54, 1.807) is 13.8 Å². The van der Waals surface area contributed by atoms with Gasteiger partial charge in [-0.2, -0.15) is 0 Å². The summed E-state index contributed by atoms with van der Waals surface area (Å²) in [7, 11) is 0. The molecule has 4 unspecified atom stereocenters. The number of carbonyl (C=O) groups excluding carboxylic acids is 3. The number of aliphatic carboxylic acids is 1. The van der Waals surface area contributed by atoms with Crippen molar-refractivity contribution in [1.82, 2.24) is 25.9 Å². The number of aliphatic hydroxyl groups is 1. The van der Waals surface area contributed by atoms with Crippen LogP contribution in [0.4, 0.5) is 0 Å². The van der Waals surface area contributed by atoms with Gasteiger partial charge in [-0.25, -0.2) is 9.78 Å². The Balaban J connectivity index is 2.93. The first-order valence-electron chi connectivity index (χ1n) is 10.8. The lowest BCUT2D eigenvalue weighted by molar-refractivity contribution is -0.142. The number of H-pyrrole nitrogens is 1. The van der Waals surface area contributed by atoms with Crippen molar-refractivity contribution in [3.63, 3.8) is 0 Å². The molecule has 0 saturated carbocycles. The summed E-state index contributed by atoms with van der Waals surface area (Å²) in [4.78, 5) is 56.0. The van der Waals surface area contributed by atoms with Crippen LogP contribution in [0.2, 0.25) is 0 Å². The van der Waals surface area contributed by atoms with E-state index in [4.69, 9.17) is 11.5 Å². The van der Waals surface area contributed by atoms with Crippen molar-refractivity contribution in [2.45, 2.75) is 63.7 Å². The maximum atomic E-state index is 12.9. The molecule has 1 heterocycles. The number of aliphatic hydroxyl groups excluding tert-OH is 1. The van der Waals surface area contributed by atoms with Crippen LogP contribution in [0.25, 0.3) is 0 Å². The third-order valence-electron chi connectivity index (χ3n) is 5.01. The summed E-state index contributed by atoms with van der Waals surface area (Å²) in [6.45, 7) is 3.13. The van der Waals surface area contributed by atoms with E-state index in [0.717, 1.165) is 0 Å². The zero-order valence-electron chi connectivity index (χ0n) is 18.9. The van der Waals surface area contributed by atoms with E-state index in [9.17, 15) is 29.4 Å². The van der Waals surface area contributed by atoms with Gasteiger partial charge in [0.1, 0.15) is 18.1 Å². The van der Waals surface area contributed by atoms with E-state index in [1.165, 1.54) is 12.5 Å². The second-order valence-electron chi connectivity index (χ2n) is 8.04. The Morgan fingerprint density at radius 1 is 1.03 bits per heavy atom. The molecular formula is C20H35N7O6. The highest BCUT2D eigenvalue weighted by Crippen LogP contribution is 2.05. The fourth-order valence-corrected chi connectivity index (χ4v) is 2.89. The number of rotatable bonds is 15. The Morgan fingerprint density at radius 2 is 1.64 bits per heavy atom. The molecule has 0 bridgehead atoms. The van der Waals surface area contributed by atoms with Gasteiger partial charge in [-0.15, -0.1) is 0 Å². The fourth-order valence-electron chi connectivity index (χ4n) is 2.89. The summed E-state index contributed by atoms with van der Waals surface area (Å²) < 4.78 is 0. The summed E-state index contributed by atoms with van der Waals surface area (Å²) in [5.41, 5.74) is 11.7. The molecule has 1 aromatic rings. The largest absolute Gasteiger partial charge is 0.480 e. The minimum Gasteiger partial charge on any atom is -0.480 e. The number of hydrogen-bond donors (Lipinski definition) is 8. The lowest BCUT2D eigenvalue weighted by atomic mass is 10.0. The van der Waals surface area contributed by atoms with Gasteiger partial charge in [0, 0.05) is 18.3 Å². The lowest BCUT2D eigenvalue weighted by Crippen LogP contribution is -2.59. The predicted octanol–water partition coefficient (Wildman–Crippen LogP) is -2.40. The molecule has 0 fully saturated rings. The van der Waals surface area contributed by atoms with Crippen molar-refractivity contribution < 1.29 is 29.4 Å². The molecule has 0 aliphatic carbocycles. The van der Waals surface area contributed by atoms with Crippen LogP contribution >= 0.6 is 0 Å². The van der Waals surface area contributed by atoms with Gasteiger partial charge in [-0.05, 0) is 31.7 Å². The van der Waals surface area contributed by atoms with Gasteiger partial charge in [0.2, 0.25) is 17.7 Å². The zero-order valence-corrected chi connectivity index (χ0v) is 18.9. The molecule has 33 heavy (non-hydrogen) atoms. The number of carboxylic acid groups (broad SMARTS) is 1. The minimum absolute atomic E-state index is 0.0235. The molecule has 0 spiro atoms. The number of nitrogens with two attached hydrogens (primary N) is 2. The highest BCUT2D eigenvalue weighted by Gasteiger charge is 2.30. The maximum absolute atomic E-state index is 12.9. The van der Waals surface area contributed by atoms with Gasteiger partial charge < -0.3 is 42.6 Å². The molecule has 0 aliphatic heterocycles. The van der Waals surface area contributed by atoms with Crippen molar-refractivity contribution in [3.8, 4) is 0 Å². The Bertz CT molecular complexity index is 771. The molecule has 0 saturated heterocycles. The average molecular weight is 470 g/mol. The number of carbonyl (C=O) groups is 4. The second kappa shape index (κ2) is 14.2. The number of hydrogen-bond acceptors (Lipinski definition) is 8. The van der Waals surface area contributed by atoms with Crippen molar-refractivity contribution in [2.75, 3.05) is 13.2 Å². The SMILES string of the molecule is CC(C)C(N)C(=O)NC(CO)C(=O)NC(Cc1cnc[nH]1)C(=O)NC(CCCCN)C(=O)O. The molecule has 1 aromatic heterocycles. The van der Waals surface area contributed by atoms with Crippen molar-refractivity contribution in [1.29, 1.82) is 0 Å². The van der Waals surface area contributed by atoms with E-state index in [2.05, 4.69) is 25.9 Å². The van der Waals surface area contributed by atoms with Gasteiger partial charge in [0.15, 0.2) is 0 Å². The third kappa shape index (κ3) is 9.55.